The van der Waals surface area contributed by atoms with Crippen molar-refractivity contribution in [1.29, 1.82) is 0 Å². The Labute approximate surface area is 158 Å². The highest BCUT2D eigenvalue weighted by Gasteiger charge is 2.61. The Morgan fingerprint density at radius 3 is 2.67 bits per heavy atom. The Kier molecular flexibility index (Phi) is 4.17. The summed E-state index contributed by atoms with van der Waals surface area (Å²) < 4.78 is 17.0. The fourth-order valence-corrected chi connectivity index (χ4v) is 4.55. The van der Waals surface area contributed by atoms with Crippen LogP contribution in [0.15, 0.2) is 42.5 Å². The molecule has 0 saturated carbocycles. The van der Waals surface area contributed by atoms with E-state index in [-0.39, 0.29) is 12.4 Å². The molecule has 140 valence electrons. The van der Waals surface area contributed by atoms with E-state index in [9.17, 15) is 9.59 Å². The van der Waals surface area contributed by atoms with E-state index in [2.05, 4.69) is 0 Å². The first-order chi connectivity index (χ1) is 13.1. The molecule has 2 aliphatic rings. The average molecular weight is 366 g/mol. The van der Waals surface area contributed by atoms with Crippen molar-refractivity contribution in [2.45, 2.75) is 31.8 Å². The van der Waals surface area contributed by atoms with Gasteiger partial charge in [-0.2, -0.15) is 0 Å². The van der Waals surface area contributed by atoms with Gasteiger partial charge in [0.15, 0.2) is 5.78 Å². The molecule has 0 spiro atoms. The van der Waals surface area contributed by atoms with Gasteiger partial charge in [0.25, 0.3) is 0 Å². The van der Waals surface area contributed by atoms with Gasteiger partial charge in [0.2, 0.25) is 0 Å². The molecule has 3 atom stereocenters. The molecule has 4 rings (SSSR count). The Hall–Kier alpha value is -2.82. The molecule has 1 aliphatic carbocycles. The van der Waals surface area contributed by atoms with Crippen molar-refractivity contribution in [3.63, 3.8) is 0 Å². The molecule has 2 aromatic rings. The van der Waals surface area contributed by atoms with Gasteiger partial charge in [-0.3, -0.25) is 9.59 Å². The van der Waals surface area contributed by atoms with Crippen molar-refractivity contribution in [1.82, 2.24) is 0 Å². The van der Waals surface area contributed by atoms with E-state index in [1.54, 1.807) is 26.2 Å². The fraction of sp³-hybridized carbons (Fsp3) is 0.364. The zero-order chi connectivity index (χ0) is 19.2. The summed E-state index contributed by atoms with van der Waals surface area (Å²) in [6, 6.07) is 12.8. The Morgan fingerprint density at radius 2 is 1.96 bits per heavy atom. The predicted octanol–water partition coefficient (Wildman–Crippen LogP) is 3.85. The van der Waals surface area contributed by atoms with Gasteiger partial charge in [0.05, 0.1) is 19.1 Å². The minimum Gasteiger partial charge on any atom is -0.497 e. The maximum atomic E-state index is 13.7. The van der Waals surface area contributed by atoms with Crippen LogP contribution in [0.4, 0.5) is 0 Å². The number of esters is 1. The van der Waals surface area contributed by atoms with Gasteiger partial charge in [-0.15, -0.1) is 0 Å². The summed E-state index contributed by atoms with van der Waals surface area (Å²) in [5, 5.41) is 0. The van der Waals surface area contributed by atoms with Gasteiger partial charge < -0.3 is 14.2 Å². The number of carbonyl (C=O) groups is 2. The summed E-state index contributed by atoms with van der Waals surface area (Å²) in [6.45, 7) is 3.96. The van der Waals surface area contributed by atoms with E-state index >= 15 is 0 Å². The van der Waals surface area contributed by atoms with Crippen LogP contribution in [-0.4, -0.2) is 25.5 Å². The van der Waals surface area contributed by atoms with Gasteiger partial charge in [0.1, 0.15) is 23.5 Å². The summed E-state index contributed by atoms with van der Waals surface area (Å²) in [5.41, 5.74) is 1.06. The number of hydrogen-bond acceptors (Lipinski definition) is 5. The van der Waals surface area contributed by atoms with Crippen LogP contribution in [0, 0.1) is 5.92 Å². The summed E-state index contributed by atoms with van der Waals surface area (Å²) in [5.74, 6) is 0.0713. The molecule has 1 heterocycles. The number of ether oxygens (including phenoxy) is 3. The fourth-order valence-electron chi connectivity index (χ4n) is 4.55. The maximum absolute atomic E-state index is 13.7. The van der Waals surface area contributed by atoms with E-state index < -0.39 is 23.4 Å². The molecule has 0 unspecified atom stereocenters. The van der Waals surface area contributed by atoms with E-state index in [1.807, 2.05) is 37.3 Å². The minimum absolute atomic E-state index is 0.0513. The summed E-state index contributed by atoms with van der Waals surface area (Å²) in [4.78, 5) is 26.7. The topological polar surface area (TPSA) is 61.8 Å². The minimum atomic E-state index is -1.01. The van der Waals surface area contributed by atoms with E-state index in [0.29, 0.717) is 23.5 Å². The number of benzene rings is 2. The smallest absolute Gasteiger partial charge is 0.314 e. The first-order valence-corrected chi connectivity index (χ1v) is 9.24. The molecule has 5 nitrogen and oxygen atoms in total. The van der Waals surface area contributed by atoms with Crippen molar-refractivity contribution in [3.05, 3.63) is 59.2 Å². The third-order valence-corrected chi connectivity index (χ3v) is 5.77. The van der Waals surface area contributed by atoms with Crippen LogP contribution in [0.25, 0.3) is 0 Å². The molecular weight excluding hydrogens is 344 g/mol. The Morgan fingerprint density at radius 1 is 1.19 bits per heavy atom. The molecule has 0 fully saturated rings. The molecule has 0 aromatic heterocycles. The molecular formula is C22H22O5. The van der Waals surface area contributed by atoms with Crippen LogP contribution < -0.4 is 9.47 Å². The van der Waals surface area contributed by atoms with Crippen molar-refractivity contribution in [3.8, 4) is 11.5 Å². The van der Waals surface area contributed by atoms with Crippen LogP contribution in [0.1, 0.15) is 47.9 Å². The highest BCUT2D eigenvalue weighted by atomic mass is 16.5. The van der Waals surface area contributed by atoms with Gasteiger partial charge >= 0.3 is 5.97 Å². The molecule has 2 bridgehead atoms. The lowest BCUT2D eigenvalue weighted by atomic mass is 9.56. The lowest BCUT2D eigenvalue weighted by Crippen LogP contribution is -2.56. The second-order valence-corrected chi connectivity index (χ2v) is 6.87. The van der Waals surface area contributed by atoms with Crippen LogP contribution in [0.2, 0.25) is 0 Å². The van der Waals surface area contributed by atoms with Crippen LogP contribution in [0.3, 0.4) is 0 Å². The number of ketones is 1. The van der Waals surface area contributed by atoms with E-state index in [4.69, 9.17) is 14.2 Å². The van der Waals surface area contributed by atoms with Crippen LogP contribution in [0.5, 0.6) is 11.5 Å². The molecule has 27 heavy (non-hydrogen) atoms. The third-order valence-electron chi connectivity index (χ3n) is 5.77. The predicted molar refractivity (Wildman–Crippen MR) is 99.2 cm³/mol. The van der Waals surface area contributed by atoms with Crippen molar-refractivity contribution < 1.29 is 23.8 Å². The summed E-state index contributed by atoms with van der Waals surface area (Å²) >= 11 is 0. The number of fused-ring (bicyclic) bond motifs is 6. The van der Waals surface area contributed by atoms with Gasteiger partial charge in [-0.05, 0) is 19.4 Å². The molecule has 0 saturated heterocycles. The molecule has 0 N–H and O–H groups in total. The van der Waals surface area contributed by atoms with Gasteiger partial charge in [-0.1, -0.05) is 37.3 Å². The zero-order valence-corrected chi connectivity index (χ0v) is 15.7. The van der Waals surface area contributed by atoms with Crippen LogP contribution >= 0.6 is 0 Å². The molecule has 2 aromatic carbocycles. The second kappa shape index (κ2) is 6.41. The van der Waals surface area contributed by atoms with E-state index in [0.717, 1.165) is 11.1 Å². The first-order valence-electron chi connectivity index (χ1n) is 9.24. The highest BCUT2D eigenvalue weighted by molar-refractivity contribution is 6.10. The molecule has 0 amide bonds. The number of rotatable bonds is 4. The quantitative estimate of drug-likeness (QED) is 0.769. The number of methoxy groups -OCH3 is 1. The zero-order valence-electron chi connectivity index (χ0n) is 15.7. The lowest BCUT2D eigenvalue weighted by Gasteiger charge is -2.49. The molecule has 0 radical (unpaired) electrons. The number of carbonyl (C=O) groups excluding carboxylic acids is 2. The van der Waals surface area contributed by atoms with Crippen molar-refractivity contribution >= 4 is 11.8 Å². The Balaban J connectivity index is 2.01. The number of Topliss-reactive ketones (excluding diaryl/α,β-unsaturated/α-hetero) is 1. The Bertz CT molecular complexity index is 919. The standard InChI is InChI=1S/C22H22O5/c1-4-22-16-11-10-13(25-3)12-17(16)27-19(18(22)21(24)26-5-2)14-8-6-7-9-15(14)20(22)23/h6-12,18-19H,4-5H2,1-3H3/t18-,19+,22+/m1/s1. The third kappa shape index (κ3) is 2.30. The average Bonchev–Trinajstić information content (AvgIpc) is 2.70. The monoisotopic (exact) mass is 366 g/mol. The van der Waals surface area contributed by atoms with Gasteiger partial charge in [-0.25, -0.2) is 0 Å². The largest absolute Gasteiger partial charge is 0.497 e. The highest BCUT2D eigenvalue weighted by Crippen LogP contribution is 2.57. The van der Waals surface area contributed by atoms with Crippen molar-refractivity contribution in [2.24, 2.45) is 5.92 Å². The number of hydrogen-bond donors (Lipinski definition) is 0. The van der Waals surface area contributed by atoms with Crippen LogP contribution in [-0.2, 0) is 14.9 Å². The molecule has 1 aliphatic heterocycles. The lowest BCUT2D eigenvalue weighted by molar-refractivity contribution is -0.156. The normalized spacial score (nSPS) is 25.1. The second-order valence-electron chi connectivity index (χ2n) is 6.87. The first kappa shape index (κ1) is 17.6. The molecule has 5 heteroatoms. The summed E-state index contributed by atoms with van der Waals surface area (Å²) in [7, 11) is 1.59. The SMILES string of the molecule is CCOC(=O)[C@H]1[C@H]2Oc3cc(OC)ccc3[C@]1(CC)C(=O)c1ccccc12. The maximum Gasteiger partial charge on any atom is 0.314 e. The van der Waals surface area contributed by atoms with E-state index in [1.165, 1.54) is 0 Å². The summed E-state index contributed by atoms with van der Waals surface area (Å²) in [6.07, 6.45) is -0.0967. The van der Waals surface area contributed by atoms with Crippen molar-refractivity contribution in [2.75, 3.05) is 13.7 Å². The van der Waals surface area contributed by atoms with Gasteiger partial charge in [0, 0.05) is 22.8 Å².